The van der Waals surface area contributed by atoms with Crippen molar-refractivity contribution in [2.45, 2.75) is 38.6 Å². The van der Waals surface area contributed by atoms with Gasteiger partial charge in [0.05, 0.1) is 12.7 Å². The lowest BCUT2D eigenvalue weighted by atomic mass is 9.75. The van der Waals surface area contributed by atoms with Gasteiger partial charge in [0.15, 0.2) is 0 Å². The smallest absolute Gasteiger partial charge is 0.335 e. The topological polar surface area (TPSA) is 75.6 Å². The lowest BCUT2D eigenvalue weighted by Crippen LogP contribution is -2.37. The minimum Gasteiger partial charge on any atom is -0.497 e. The van der Waals surface area contributed by atoms with Gasteiger partial charge in [-0.15, -0.1) is 0 Å². The number of ether oxygens (including phenoxy) is 1. The molecule has 2 aromatic rings. The first kappa shape index (κ1) is 19.9. The number of hydrogen-bond donors (Lipinski definition) is 2. The molecule has 0 spiro atoms. The highest BCUT2D eigenvalue weighted by molar-refractivity contribution is 5.87. The first-order valence-corrected chi connectivity index (χ1v) is 9.79. The monoisotopic (exact) mass is 381 g/mol. The third-order valence-electron chi connectivity index (χ3n) is 5.55. The van der Waals surface area contributed by atoms with E-state index in [1.54, 1.807) is 31.4 Å². The Morgan fingerprint density at radius 2 is 1.82 bits per heavy atom. The normalized spacial score (nSPS) is 19.0. The fraction of sp³-hybridized carbons (Fsp3) is 0.391. The van der Waals surface area contributed by atoms with Gasteiger partial charge in [0.2, 0.25) is 5.91 Å². The third kappa shape index (κ3) is 5.12. The van der Waals surface area contributed by atoms with E-state index in [2.05, 4.69) is 11.4 Å². The molecule has 1 aliphatic carbocycles. The molecule has 0 radical (unpaired) electrons. The lowest BCUT2D eigenvalue weighted by molar-refractivity contribution is -0.127. The maximum absolute atomic E-state index is 12.8. The van der Waals surface area contributed by atoms with Crippen LogP contribution >= 0.6 is 0 Å². The van der Waals surface area contributed by atoms with Crippen LogP contribution in [0.2, 0.25) is 0 Å². The summed E-state index contributed by atoms with van der Waals surface area (Å²) in [5.74, 6) is 0.334. The third-order valence-corrected chi connectivity index (χ3v) is 5.55. The molecule has 2 unspecified atom stereocenters. The Bertz CT molecular complexity index is 816. The van der Waals surface area contributed by atoms with Gasteiger partial charge < -0.3 is 15.2 Å². The van der Waals surface area contributed by atoms with Crippen LogP contribution in [0.1, 0.15) is 47.2 Å². The molecule has 0 aromatic heterocycles. The molecule has 0 bridgehead atoms. The SMILES string of the molecule is COc1cccc(CC2CCCCC2C(=O)NCc2ccc(C(=O)O)cc2)c1. The maximum atomic E-state index is 12.8. The Kier molecular flexibility index (Phi) is 6.69. The molecule has 0 heterocycles. The van der Waals surface area contributed by atoms with Gasteiger partial charge in [-0.3, -0.25) is 4.79 Å². The van der Waals surface area contributed by atoms with Crippen molar-refractivity contribution in [3.05, 3.63) is 65.2 Å². The molecule has 0 saturated heterocycles. The average molecular weight is 381 g/mol. The number of nitrogens with one attached hydrogen (secondary N) is 1. The standard InChI is InChI=1S/C23H27NO4/c1-28-20-7-4-5-17(14-20)13-19-6-2-3-8-21(19)22(25)24-15-16-9-11-18(12-10-16)23(26)27/h4-5,7,9-12,14,19,21H,2-3,6,8,13,15H2,1H3,(H,24,25)(H,26,27). The Morgan fingerprint density at radius 1 is 1.07 bits per heavy atom. The summed E-state index contributed by atoms with van der Waals surface area (Å²) in [4.78, 5) is 23.8. The first-order valence-electron chi connectivity index (χ1n) is 9.79. The zero-order valence-electron chi connectivity index (χ0n) is 16.2. The fourth-order valence-electron chi connectivity index (χ4n) is 3.98. The molecule has 0 aliphatic heterocycles. The van der Waals surface area contributed by atoms with Crippen molar-refractivity contribution in [2.24, 2.45) is 11.8 Å². The minimum absolute atomic E-state index is 0.0123. The van der Waals surface area contributed by atoms with E-state index in [0.717, 1.165) is 43.4 Å². The fourth-order valence-corrected chi connectivity index (χ4v) is 3.98. The average Bonchev–Trinajstić information content (AvgIpc) is 2.73. The highest BCUT2D eigenvalue weighted by Gasteiger charge is 2.30. The van der Waals surface area contributed by atoms with Crippen molar-refractivity contribution in [1.82, 2.24) is 5.32 Å². The summed E-state index contributed by atoms with van der Waals surface area (Å²) >= 11 is 0. The van der Waals surface area contributed by atoms with Crippen LogP contribution in [0.25, 0.3) is 0 Å². The molecule has 28 heavy (non-hydrogen) atoms. The second-order valence-corrected chi connectivity index (χ2v) is 7.43. The van der Waals surface area contributed by atoms with Gasteiger partial charge in [-0.05, 0) is 60.6 Å². The molecule has 1 saturated carbocycles. The number of carbonyl (C=O) groups excluding carboxylic acids is 1. The quantitative estimate of drug-likeness (QED) is 0.758. The largest absolute Gasteiger partial charge is 0.497 e. The number of carboxylic acids is 1. The van der Waals surface area contributed by atoms with Crippen molar-refractivity contribution < 1.29 is 19.4 Å². The second kappa shape index (κ2) is 9.40. The van der Waals surface area contributed by atoms with Crippen LogP contribution in [0.4, 0.5) is 0 Å². The van der Waals surface area contributed by atoms with E-state index in [4.69, 9.17) is 9.84 Å². The van der Waals surface area contributed by atoms with Crippen LogP contribution in [-0.2, 0) is 17.8 Å². The van der Waals surface area contributed by atoms with Crippen LogP contribution in [0.5, 0.6) is 5.75 Å². The number of aromatic carboxylic acids is 1. The van der Waals surface area contributed by atoms with E-state index >= 15 is 0 Å². The Balaban J connectivity index is 1.60. The lowest BCUT2D eigenvalue weighted by Gasteiger charge is -2.31. The summed E-state index contributed by atoms with van der Waals surface area (Å²) in [6.45, 7) is 0.418. The summed E-state index contributed by atoms with van der Waals surface area (Å²) in [6, 6.07) is 14.7. The number of hydrogen-bond acceptors (Lipinski definition) is 3. The van der Waals surface area contributed by atoms with Crippen LogP contribution in [0.3, 0.4) is 0 Å². The van der Waals surface area contributed by atoms with Crippen molar-refractivity contribution in [3.8, 4) is 5.75 Å². The van der Waals surface area contributed by atoms with Gasteiger partial charge in [0.1, 0.15) is 5.75 Å². The minimum atomic E-state index is -0.946. The molecular weight excluding hydrogens is 354 g/mol. The molecular formula is C23H27NO4. The van der Waals surface area contributed by atoms with Gasteiger partial charge in [-0.25, -0.2) is 4.79 Å². The molecule has 2 atom stereocenters. The Hall–Kier alpha value is -2.82. The predicted molar refractivity (Wildman–Crippen MR) is 107 cm³/mol. The second-order valence-electron chi connectivity index (χ2n) is 7.43. The van der Waals surface area contributed by atoms with Crippen molar-refractivity contribution in [3.63, 3.8) is 0 Å². The molecule has 2 N–H and O–H groups in total. The highest BCUT2D eigenvalue weighted by Crippen LogP contribution is 2.33. The number of methoxy groups -OCH3 is 1. The van der Waals surface area contributed by atoms with Crippen LogP contribution in [0, 0.1) is 11.8 Å². The summed E-state index contributed by atoms with van der Waals surface area (Å²) in [5.41, 5.74) is 2.35. The van der Waals surface area contributed by atoms with E-state index in [9.17, 15) is 9.59 Å². The van der Waals surface area contributed by atoms with Gasteiger partial charge in [0.25, 0.3) is 0 Å². The summed E-state index contributed by atoms with van der Waals surface area (Å²) in [7, 11) is 1.67. The molecule has 1 amide bonds. The van der Waals surface area contributed by atoms with Crippen molar-refractivity contribution >= 4 is 11.9 Å². The van der Waals surface area contributed by atoms with Gasteiger partial charge in [0, 0.05) is 12.5 Å². The Labute approximate surface area is 165 Å². The number of amides is 1. The molecule has 3 rings (SSSR count). The zero-order chi connectivity index (χ0) is 19.9. The summed E-state index contributed by atoms with van der Waals surface area (Å²) < 4.78 is 5.31. The number of rotatable bonds is 7. The van der Waals surface area contributed by atoms with Gasteiger partial charge in [-0.2, -0.15) is 0 Å². The van der Waals surface area contributed by atoms with Crippen LogP contribution < -0.4 is 10.1 Å². The van der Waals surface area contributed by atoms with E-state index in [1.807, 2.05) is 18.2 Å². The molecule has 5 heteroatoms. The number of carboxylic acid groups (broad SMARTS) is 1. The van der Waals surface area contributed by atoms with Crippen molar-refractivity contribution in [1.29, 1.82) is 0 Å². The Morgan fingerprint density at radius 3 is 2.54 bits per heavy atom. The number of benzene rings is 2. The van der Waals surface area contributed by atoms with Crippen LogP contribution in [0.15, 0.2) is 48.5 Å². The predicted octanol–water partition coefficient (Wildman–Crippen LogP) is 4.06. The molecule has 148 valence electrons. The maximum Gasteiger partial charge on any atom is 0.335 e. The van der Waals surface area contributed by atoms with E-state index < -0.39 is 5.97 Å². The number of carbonyl (C=O) groups is 2. The summed E-state index contributed by atoms with van der Waals surface area (Å²) in [5, 5.41) is 12.0. The van der Waals surface area contributed by atoms with E-state index in [0.29, 0.717) is 12.5 Å². The van der Waals surface area contributed by atoms with E-state index in [1.165, 1.54) is 5.56 Å². The first-order chi connectivity index (χ1) is 13.6. The highest BCUT2D eigenvalue weighted by atomic mass is 16.5. The molecule has 1 fully saturated rings. The summed E-state index contributed by atoms with van der Waals surface area (Å²) in [6.07, 6.45) is 5.10. The molecule has 1 aliphatic rings. The van der Waals surface area contributed by atoms with Gasteiger partial charge in [-0.1, -0.05) is 37.1 Å². The van der Waals surface area contributed by atoms with E-state index in [-0.39, 0.29) is 17.4 Å². The molecule has 5 nitrogen and oxygen atoms in total. The molecule has 2 aromatic carbocycles. The van der Waals surface area contributed by atoms with Crippen LogP contribution in [-0.4, -0.2) is 24.1 Å². The zero-order valence-corrected chi connectivity index (χ0v) is 16.2. The van der Waals surface area contributed by atoms with Crippen molar-refractivity contribution in [2.75, 3.05) is 7.11 Å². The van der Waals surface area contributed by atoms with Gasteiger partial charge >= 0.3 is 5.97 Å².